The molecule has 1 aliphatic rings. The first-order valence-corrected chi connectivity index (χ1v) is 7.24. The molecule has 1 aromatic carbocycles. The second-order valence-electron chi connectivity index (χ2n) is 5.86. The minimum atomic E-state index is -0.458. The second-order valence-corrected chi connectivity index (χ2v) is 5.86. The fourth-order valence-electron chi connectivity index (χ4n) is 2.96. The summed E-state index contributed by atoms with van der Waals surface area (Å²) in [6.45, 7) is 1.47. The zero-order valence-corrected chi connectivity index (χ0v) is 12.3. The van der Waals surface area contributed by atoms with Gasteiger partial charge in [0.2, 0.25) is 5.91 Å². The standard InChI is InChI=1S/C16H23FN2O/c1-19(2)12-11-18-15(20)16(9-3-4-10-16)13-5-7-14(17)8-6-13/h5-8H,3-4,9-12H2,1-2H3,(H,18,20). The molecule has 0 unspecified atom stereocenters. The molecular formula is C16H23FN2O. The van der Waals surface area contributed by atoms with Crippen molar-refractivity contribution < 1.29 is 9.18 Å². The third-order valence-corrected chi connectivity index (χ3v) is 4.13. The molecule has 0 saturated heterocycles. The zero-order valence-electron chi connectivity index (χ0n) is 12.3. The van der Waals surface area contributed by atoms with E-state index in [1.807, 2.05) is 19.0 Å². The van der Waals surface area contributed by atoms with Crippen molar-refractivity contribution in [2.24, 2.45) is 0 Å². The predicted octanol–water partition coefficient (Wildman–Crippen LogP) is 2.32. The largest absolute Gasteiger partial charge is 0.354 e. The number of amides is 1. The van der Waals surface area contributed by atoms with Crippen molar-refractivity contribution in [2.75, 3.05) is 27.2 Å². The number of hydrogen-bond donors (Lipinski definition) is 1. The average Bonchev–Trinajstić information content (AvgIpc) is 2.89. The van der Waals surface area contributed by atoms with Crippen molar-refractivity contribution in [1.82, 2.24) is 10.2 Å². The summed E-state index contributed by atoms with van der Waals surface area (Å²) in [4.78, 5) is 14.7. The summed E-state index contributed by atoms with van der Waals surface area (Å²) in [7, 11) is 3.97. The zero-order chi connectivity index (χ0) is 14.6. The predicted molar refractivity (Wildman–Crippen MR) is 78.1 cm³/mol. The lowest BCUT2D eigenvalue weighted by Gasteiger charge is -2.28. The van der Waals surface area contributed by atoms with E-state index in [4.69, 9.17) is 0 Å². The molecular weight excluding hydrogens is 255 g/mol. The number of rotatable bonds is 5. The highest BCUT2D eigenvalue weighted by atomic mass is 19.1. The van der Waals surface area contributed by atoms with Gasteiger partial charge < -0.3 is 10.2 Å². The number of likely N-dealkylation sites (N-methyl/N-ethyl adjacent to an activating group) is 1. The van der Waals surface area contributed by atoms with Crippen LogP contribution >= 0.6 is 0 Å². The third kappa shape index (κ3) is 3.18. The molecule has 0 aliphatic heterocycles. The van der Waals surface area contributed by atoms with Crippen LogP contribution in [0.25, 0.3) is 0 Å². The van der Waals surface area contributed by atoms with Crippen LogP contribution < -0.4 is 5.32 Å². The molecule has 0 heterocycles. The summed E-state index contributed by atoms with van der Waals surface area (Å²) in [5.74, 6) is -0.168. The monoisotopic (exact) mass is 278 g/mol. The lowest BCUT2D eigenvalue weighted by molar-refractivity contribution is -0.126. The fraction of sp³-hybridized carbons (Fsp3) is 0.562. The molecule has 0 aromatic heterocycles. The summed E-state index contributed by atoms with van der Waals surface area (Å²) in [6.07, 6.45) is 3.82. The number of carbonyl (C=O) groups excluding carboxylic acids is 1. The minimum Gasteiger partial charge on any atom is -0.354 e. The number of hydrogen-bond acceptors (Lipinski definition) is 2. The molecule has 1 saturated carbocycles. The van der Waals surface area contributed by atoms with E-state index in [2.05, 4.69) is 5.32 Å². The van der Waals surface area contributed by atoms with Gasteiger partial charge in [0, 0.05) is 13.1 Å². The Morgan fingerprint density at radius 3 is 2.40 bits per heavy atom. The molecule has 2 rings (SSSR count). The molecule has 1 N–H and O–H groups in total. The molecule has 1 aromatic rings. The van der Waals surface area contributed by atoms with Crippen LogP contribution in [0.5, 0.6) is 0 Å². The van der Waals surface area contributed by atoms with Gasteiger partial charge in [-0.3, -0.25) is 4.79 Å². The molecule has 20 heavy (non-hydrogen) atoms. The van der Waals surface area contributed by atoms with Crippen LogP contribution in [0.2, 0.25) is 0 Å². The molecule has 0 spiro atoms. The van der Waals surface area contributed by atoms with E-state index < -0.39 is 5.41 Å². The SMILES string of the molecule is CN(C)CCNC(=O)C1(c2ccc(F)cc2)CCCC1. The number of halogens is 1. The Morgan fingerprint density at radius 2 is 1.85 bits per heavy atom. The van der Waals surface area contributed by atoms with Crippen LogP contribution in [-0.4, -0.2) is 38.0 Å². The fourth-order valence-corrected chi connectivity index (χ4v) is 2.96. The van der Waals surface area contributed by atoms with Gasteiger partial charge in [-0.2, -0.15) is 0 Å². The normalized spacial score (nSPS) is 17.4. The van der Waals surface area contributed by atoms with Crippen molar-refractivity contribution in [3.63, 3.8) is 0 Å². The van der Waals surface area contributed by atoms with Crippen LogP contribution in [0.1, 0.15) is 31.2 Å². The Morgan fingerprint density at radius 1 is 1.25 bits per heavy atom. The van der Waals surface area contributed by atoms with Crippen LogP contribution in [0.15, 0.2) is 24.3 Å². The van der Waals surface area contributed by atoms with Gasteiger partial charge in [-0.15, -0.1) is 0 Å². The molecule has 1 aliphatic carbocycles. The van der Waals surface area contributed by atoms with E-state index in [9.17, 15) is 9.18 Å². The van der Waals surface area contributed by atoms with E-state index in [0.29, 0.717) is 6.54 Å². The molecule has 1 amide bonds. The van der Waals surface area contributed by atoms with Crippen LogP contribution in [0.3, 0.4) is 0 Å². The van der Waals surface area contributed by atoms with E-state index in [-0.39, 0.29) is 11.7 Å². The first-order valence-electron chi connectivity index (χ1n) is 7.24. The topological polar surface area (TPSA) is 32.3 Å². The van der Waals surface area contributed by atoms with Crippen molar-refractivity contribution in [3.05, 3.63) is 35.6 Å². The van der Waals surface area contributed by atoms with Gasteiger partial charge in [-0.05, 0) is 44.6 Å². The third-order valence-electron chi connectivity index (χ3n) is 4.13. The maximum atomic E-state index is 13.1. The van der Waals surface area contributed by atoms with E-state index >= 15 is 0 Å². The molecule has 0 radical (unpaired) electrons. The number of nitrogens with zero attached hydrogens (tertiary/aromatic N) is 1. The second kappa shape index (κ2) is 6.35. The van der Waals surface area contributed by atoms with Crippen molar-refractivity contribution in [3.8, 4) is 0 Å². The summed E-state index contributed by atoms with van der Waals surface area (Å²) < 4.78 is 13.1. The maximum Gasteiger partial charge on any atom is 0.230 e. The van der Waals surface area contributed by atoms with Gasteiger partial charge in [-0.25, -0.2) is 4.39 Å². The van der Waals surface area contributed by atoms with Gasteiger partial charge in [-0.1, -0.05) is 25.0 Å². The van der Waals surface area contributed by atoms with Crippen molar-refractivity contribution in [1.29, 1.82) is 0 Å². The summed E-state index contributed by atoms with van der Waals surface area (Å²) in [5.41, 5.74) is 0.485. The molecule has 1 fully saturated rings. The molecule has 110 valence electrons. The highest BCUT2D eigenvalue weighted by Gasteiger charge is 2.42. The average molecular weight is 278 g/mol. The van der Waals surface area contributed by atoms with E-state index in [1.54, 1.807) is 12.1 Å². The van der Waals surface area contributed by atoms with E-state index in [0.717, 1.165) is 37.8 Å². The van der Waals surface area contributed by atoms with Gasteiger partial charge in [0.1, 0.15) is 5.82 Å². The van der Waals surface area contributed by atoms with Gasteiger partial charge >= 0.3 is 0 Å². The van der Waals surface area contributed by atoms with Crippen LogP contribution in [0, 0.1) is 5.82 Å². The Kier molecular flexibility index (Phi) is 4.76. The van der Waals surface area contributed by atoms with Gasteiger partial charge in [0.05, 0.1) is 5.41 Å². The van der Waals surface area contributed by atoms with Gasteiger partial charge in [0.15, 0.2) is 0 Å². The molecule has 3 nitrogen and oxygen atoms in total. The molecule has 0 atom stereocenters. The molecule has 0 bridgehead atoms. The highest BCUT2D eigenvalue weighted by Crippen LogP contribution is 2.41. The lowest BCUT2D eigenvalue weighted by atomic mass is 9.78. The summed E-state index contributed by atoms with van der Waals surface area (Å²) >= 11 is 0. The van der Waals surface area contributed by atoms with Crippen molar-refractivity contribution in [2.45, 2.75) is 31.1 Å². The minimum absolute atomic E-state index is 0.0865. The summed E-state index contributed by atoms with van der Waals surface area (Å²) in [6, 6.07) is 6.41. The number of carbonyl (C=O) groups is 1. The first kappa shape index (κ1) is 15.0. The Bertz CT molecular complexity index is 450. The first-order chi connectivity index (χ1) is 9.54. The number of nitrogens with one attached hydrogen (secondary N) is 1. The smallest absolute Gasteiger partial charge is 0.230 e. The van der Waals surface area contributed by atoms with Crippen LogP contribution in [-0.2, 0) is 10.2 Å². The highest BCUT2D eigenvalue weighted by molar-refractivity contribution is 5.88. The van der Waals surface area contributed by atoms with E-state index in [1.165, 1.54) is 12.1 Å². The molecule has 4 heteroatoms. The number of benzene rings is 1. The lowest BCUT2D eigenvalue weighted by Crippen LogP contribution is -2.44. The van der Waals surface area contributed by atoms with Gasteiger partial charge in [0.25, 0.3) is 0 Å². The van der Waals surface area contributed by atoms with Crippen LogP contribution in [0.4, 0.5) is 4.39 Å². The summed E-state index contributed by atoms with van der Waals surface area (Å²) in [5, 5.41) is 3.04. The maximum absolute atomic E-state index is 13.1. The van der Waals surface area contributed by atoms with Crippen molar-refractivity contribution >= 4 is 5.91 Å². The quantitative estimate of drug-likeness (QED) is 0.896. The Balaban J connectivity index is 2.13. The Hall–Kier alpha value is -1.42. The Labute approximate surface area is 120 Å².